The molecule has 0 unspecified atom stereocenters. The molecule has 5 heteroatoms. The van der Waals surface area contributed by atoms with Crippen LogP contribution in [0.2, 0.25) is 0 Å². The van der Waals surface area contributed by atoms with E-state index in [1.165, 1.54) is 28.0 Å². The van der Waals surface area contributed by atoms with Crippen LogP contribution in [0.1, 0.15) is 11.8 Å². The number of nitrogens with zero attached hydrogens (tertiary/aromatic N) is 1. The van der Waals surface area contributed by atoms with Gasteiger partial charge in [-0.1, -0.05) is 31.2 Å². The Hall–Kier alpha value is -1.85. The van der Waals surface area contributed by atoms with E-state index in [9.17, 15) is 9.59 Å². The van der Waals surface area contributed by atoms with Gasteiger partial charge in [-0.15, -0.1) is 23.1 Å². The third kappa shape index (κ3) is 2.43. The van der Waals surface area contributed by atoms with Crippen LogP contribution in [0.3, 0.4) is 0 Å². The van der Waals surface area contributed by atoms with Gasteiger partial charge in [-0.2, -0.15) is 0 Å². The number of rotatable bonds is 4. The Morgan fingerprint density at radius 1 is 1.05 bits per heavy atom. The summed E-state index contributed by atoms with van der Waals surface area (Å²) < 4.78 is 0. The predicted molar refractivity (Wildman–Crippen MR) is 88.3 cm³/mol. The van der Waals surface area contributed by atoms with Crippen LogP contribution >= 0.6 is 23.1 Å². The molecule has 2 aromatic rings. The number of thiophene rings is 1. The summed E-state index contributed by atoms with van der Waals surface area (Å²) in [6.45, 7) is 1.98. The highest BCUT2D eigenvalue weighted by molar-refractivity contribution is 8.04. The van der Waals surface area contributed by atoms with Crippen molar-refractivity contribution in [2.24, 2.45) is 0 Å². The Bertz CT molecular complexity index is 705. The number of hydrogen-bond donors (Lipinski definition) is 0. The summed E-state index contributed by atoms with van der Waals surface area (Å²) in [5.74, 6) is 0.303. The van der Waals surface area contributed by atoms with Crippen molar-refractivity contribution in [3.63, 3.8) is 0 Å². The summed E-state index contributed by atoms with van der Waals surface area (Å²) >= 11 is 2.91. The first-order chi connectivity index (χ1) is 10.2. The zero-order valence-electron chi connectivity index (χ0n) is 11.4. The number of imide groups is 1. The second kappa shape index (κ2) is 5.87. The molecule has 0 bridgehead atoms. The molecule has 0 atom stereocenters. The number of carbonyl (C=O) groups excluding carboxylic acids is 2. The summed E-state index contributed by atoms with van der Waals surface area (Å²) in [7, 11) is 0. The average Bonchev–Trinajstić information content (AvgIpc) is 3.09. The first kappa shape index (κ1) is 14.1. The lowest BCUT2D eigenvalue weighted by Gasteiger charge is -2.14. The number of amides is 2. The van der Waals surface area contributed by atoms with E-state index >= 15 is 0 Å². The fourth-order valence-electron chi connectivity index (χ4n) is 2.24. The van der Waals surface area contributed by atoms with Crippen molar-refractivity contribution in [3.8, 4) is 0 Å². The summed E-state index contributed by atoms with van der Waals surface area (Å²) in [6.07, 6.45) is 0. The summed E-state index contributed by atoms with van der Waals surface area (Å²) in [5.41, 5.74) is 1.15. The first-order valence-corrected chi connectivity index (χ1v) is 8.45. The maximum Gasteiger partial charge on any atom is 0.272 e. The minimum Gasteiger partial charge on any atom is -0.268 e. The smallest absolute Gasteiger partial charge is 0.268 e. The normalized spacial score (nSPS) is 15.2. The lowest BCUT2D eigenvalue weighted by molar-refractivity contribution is -0.119. The van der Waals surface area contributed by atoms with Gasteiger partial charge in [0.1, 0.15) is 0 Å². The Morgan fingerprint density at radius 2 is 1.81 bits per heavy atom. The standard InChI is InChI=1S/C16H13NO2S2/c1-2-20-14-13(12-9-6-10-21-12)15(18)17(16(14)19)11-7-4-3-5-8-11/h3-10H,2H2,1H3. The number of hydrogen-bond acceptors (Lipinski definition) is 4. The molecule has 0 N–H and O–H groups in total. The third-order valence-electron chi connectivity index (χ3n) is 3.11. The summed E-state index contributed by atoms with van der Waals surface area (Å²) in [6, 6.07) is 12.9. The molecule has 1 aromatic carbocycles. The number of benzene rings is 1. The minimum absolute atomic E-state index is 0.221. The molecule has 2 amide bonds. The molecule has 0 saturated carbocycles. The zero-order valence-corrected chi connectivity index (χ0v) is 13.0. The van der Waals surface area contributed by atoms with Gasteiger partial charge < -0.3 is 0 Å². The molecule has 0 radical (unpaired) electrons. The van der Waals surface area contributed by atoms with E-state index in [1.807, 2.05) is 42.6 Å². The molecule has 0 aliphatic carbocycles. The van der Waals surface area contributed by atoms with Crippen LogP contribution in [0.4, 0.5) is 5.69 Å². The van der Waals surface area contributed by atoms with E-state index in [1.54, 1.807) is 12.1 Å². The van der Waals surface area contributed by atoms with Crippen molar-refractivity contribution in [3.05, 3.63) is 57.6 Å². The van der Waals surface area contributed by atoms with Gasteiger partial charge in [-0.05, 0) is 29.3 Å². The fourth-order valence-corrected chi connectivity index (χ4v) is 3.92. The van der Waals surface area contributed by atoms with Crippen LogP contribution < -0.4 is 4.90 Å². The molecule has 2 heterocycles. The predicted octanol–water partition coefficient (Wildman–Crippen LogP) is 3.79. The Balaban J connectivity index is 2.08. The molecule has 106 valence electrons. The second-order valence-electron chi connectivity index (χ2n) is 4.40. The number of carbonyl (C=O) groups is 2. The Morgan fingerprint density at radius 3 is 2.43 bits per heavy atom. The lowest BCUT2D eigenvalue weighted by atomic mass is 10.2. The van der Waals surface area contributed by atoms with E-state index < -0.39 is 0 Å². The minimum atomic E-state index is -0.232. The molecular formula is C16H13NO2S2. The van der Waals surface area contributed by atoms with Gasteiger partial charge in [0.05, 0.1) is 16.2 Å². The zero-order chi connectivity index (χ0) is 14.8. The number of thioether (sulfide) groups is 1. The van der Waals surface area contributed by atoms with Gasteiger partial charge in [-0.3, -0.25) is 9.59 Å². The van der Waals surface area contributed by atoms with E-state index in [0.29, 0.717) is 16.2 Å². The van der Waals surface area contributed by atoms with Crippen molar-refractivity contribution in [2.45, 2.75) is 6.92 Å². The van der Waals surface area contributed by atoms with Gasteiger partial charge in [0.15, 0.2) is 0 Å². The third-order valence-corrected chi connectivity index (χ3v) is 4.96. The second-order valence-corrected chi connectivity index (χ2v) is 6.62. The highest BCUT2D eigenvalue weighted by Gasteiger charge is 2.40. The topological polar surface area (TPSA) is 37.4 Å². The van der Waals surface area contributed by atoms with E-state index in [4.69, 9.17) is 0 Å². The van der Waals surface area contributed by atoms with Crippen molar-refractivity contribution in [1.82, 2.24) is 0 Å². The maximum absolute atomic E-state index is 12.7. The van der Waals surface area contributed by atoms with Crippen LogP contribution in [-0.2, 0) is 9.59 Å². The van der Waals surface area contributed by atoms with Crippen LogP contribution in [0.5, 0.6) is 0 Å². The van der Waals surface area contributed by atoms with Gasteiger partial charge in [0.2, 0.25) is 0 Å². The summed E-state index contributed by atoms with van der Waals surface area (Å²) in [5, 5.41) is 1.92. The number of para-hydroxylation sites is 1. The monoisotopic (exact) mass is 315 g/mol. The highest BCUT2D eigenvalue weighted by atomic mass is 32.2. The molecule has 1 aliphatic heterocycles. The largest absolute Gasteiger partial charge is 0.272 e. The van der Waals surface area contributed by atoms with Gasteiger partial charge >= 0.3 is 0 Å². The van der Waals surface area contributed by atoms with Crippen molar-refractivity contribution < 1.29 is 9.59 Å². The number of anilines is 1. The fraction of sp³-hybridized carbons (Fsp3) is 0.125. The van der Waals surface area contributed by atoms with Gasteiger partial charge in [-0.25, -0.2) is 4.90 Å². The molecule has 3 rings (SSSR count). The van der Waals surface area contributed by atoms with Crippen LogP contribution in [0.15, 0.2) is 52.7 Å². The van der Waals surface area contributed by atoms with Crippen molar-refractivity contribution in [1.29, 1.82) is 0 Å². The maximum atomic E-state index is 12.7. The van der Waals surface area contributed by atoms with E-state index in [2.05, 4.69) is 0 Å². The van der Waals surface area contributed by atoms with Crippen molar-refractivity contribution >= 4 is 46.2 Å². The molecule has 3 nitrogen and oxygen atoms in total. The summed E-state index contributed by atoms with van der Waals surface area (Å²) in [4.78, 5) is 28.1. The SMILES string of the molecule is CCSC1=C(c2cccs2)C(=O)N(c2ccccc2)C1=O. The van der Waals surface area contributed by atoms with Crippen LogP contribution in [0, 0.1) is 0 Å². The quantitative estimate of drug-likeness (QED) is 0.806. The lowest BCUT2D eigenvalue weighted by Crippen LogP contribution is -2.31. The first-order valence-electron chi connectivity index (χ1n) is 6.58. The molecular weight excluding hydrogens is 302 g/mol. The molecule has 1 aliphatic rings. The highest BCUT2D eigenvalue weighted by Crippen LogP contribution is 2.39. The average molecular weight is 315 g/mol. The molecule has 0 fully saturated rings. The van der Waals surface area contributed by atoms with Crippen LogP contribution in [-0.4, -0.2) is 17.6 Å². The van der Waals surface area contributed by atoms with Crippen LogP contribution in [0.25, 0.3) is 5.57 Å². The Labute approximate surface area is 131 Å². The Kier molecular flexibility index (Phi) is 3.94. The van der Waals surface area contributed by atoms with Gasteiger partial charge in [0, 0.05) is 4.88 Å². The van der Waals surface area contributed by atoms with Crippen molar-refractivity contribution in [2.75, 3.05) is 10.7 Å². The van der Waals surface area contributed by atoms with Gasteiger partial charge in [0.25, 0.3) is 11.8 Å². The molecule has 21 heavy (non-hydrogen) atoms. The molecule has 0 saturated heterocycles. The molecule has 0 spiro atoms. The molecule has 1 aromatic heterocycles. The van der Waals surface area contributed by atoms with E-state index in [0.717, 1.165) is 10.6 Å². The van der Waals surface area contributed by atoms with E-state index in [-0.39, 0.29) is 11.8 Å².